The Kier molecular flexibility index (Phi) is 3.51. The van der Waals surface area contributed by atoms with Crippen molar-refractivity contribution in [2.75, 3.05) is 14.1 Å². The molecule has 2 aromatic carbocycles. The predicted molar refractivity (Wildman–Crippen MR) is 74.6 cm³/mol. The number of rotatable bonds is 3. The zero-order valence-corrected chi connectivity index (χ0v) is 11.0. The number of hydrogen-bond donors (Lipinski definition) is 1. The molecule has 0 spiro atoms. The maximum absolute atomic E-state index is 12.0. The number of likely N-dealkylation sites (N-methyl/N-ethyl adjacent to an activating group) is 1. The Morgan fingerprint density at radius 3 is 2.26 bits per heavy atom. The molecule has 2 amide bonds. The van der Waals surface area contributed by atoms with Crippen LogP contribution in [0.1, 0.15) is 11.5 Å². The van der Waals surface area contributed by atoms with Crippen molar-refractivity contribution in [2.24, 2.45) is 5.73 Å². The summed E-state index contributed by atoms with van der Waals surface area (Å²) in [6, 6.07) is 13.3. The van der Waals surface area contributed by atoms with E-state index >= 15 is 0 Å². The molecular formula is C15H16N2O2. The lowest BCUT2D eigenvalue weighted by Gasteiger charge is -2.18. The monoisotopic (exact) mass is 256 g/mol. The number of fused-ring (bicyclic) bond motifs is 1. The lowest BCUT2D eigenvalue weighted by molar-refractivity contribution is -0.135. The van der Waals surface area contributed by atoms with Crippen LogP contribution in [0.15, 0.2) is 42.5 Å². The van der Waals surface area contributed by atoms with Gasteiger partial charge in [0.2, 0.25) is 11.8 Å². The summed E-state index contributed by atoms with van der Waals surface area (Å²) in [6.07, 6.45) is 0. The van der Waals surface area contributed by atoms with Crippen LogP contribution in [0.2, 0.25) is 0 Å². The molecule has 0 aliphatic heterocycles. The Labute approximate surface area is 111 Å². The highest BCUT2D eigenvalue weighted by Crippen LogP contribution is 2.23. The Hall–Kier alpha value is -2.36. The van der Waals surface area contributed by atoms with Gasteiger partial charge in [0, 0.05) is 14.1 Å². The molecule has 2 aromatic rings. The Bertz CT molecular complexity index is 635. The van der Waals surface area contributed by atoms with Crippen molar-refractivity contribution in [3.05, 3.63) is 48.0 Å². The first-order valence-electron chi connectivity index (χ1n) is 6.00. The van der Waals surface area contributed by atoms with Crippen LogP contribution >= 0.6 is 0 Å². The van der Waals surface area contributed by atoms with Gasteiger partial charge in [-0.3, -0.25) is 9.59 Å². The first-order valence-corrected chi connectivity index (χ1v) is 6.00. The van der Waals surface area contributed by atoms with E-state index in [9.17, 15) is 9.59 Å². The SMILES string of the molecule is CN(C)C(=O)C(C(N)=O)c1ccc2ccccc2c1. The van der Waals surface area contributed by atoms with Crippen LogP contribution in [0.3, 0.4) is 0 Å². The van der Waals surface area contributed by atoms with Gasteiger partial charge in [-0.15, -0.1) is 0 Å². The molecule has 0 saturated carbocycles. The van der Waals surface area contributed by atoms with Crippen molar-refractivity contribution in [2.45, 2.75) is 5.92 Å². The van der Waals surface area contributed by atoms with Crippen molar-refractivity contribution < 1.29 is 9.59 Å². The van der Waals surface area contributed by atoms with E-state index in [4.69, 9.17) is 5.73 Å². The first-order chi connectivity index (χ1) is 9.00. The molecule has 98 valence electrons. The van der Waals surface area contributed by atoms with E-state index < -0.39 is 11.8 Å². The van der Waals surface area contributed by atoms with E-state index in [1.807, 2.05) is 36.4 Å². The van der Waals surface area contributed by atoms with Crippen molar-refractivity contribution >= 4 is 22.6 Å². The molecule has 1 unspecified atom stereocenters. The number of carbonyl (C=O) groups excluding carboxylic acids is 2. The topological polar surface area (TPSA) is 63.4 Å². The normalized spacial score (nSPS) is 12.1. The fraction of sp³-hybridized carbons (Fsp3) is 0.200. The van der Waals surface area contributed by atoms with Gasteiger partial charge in [-0.05, 0) is 22.4 Å². The van der Waals surface area contributed by atoms with Crippen LogP contribution < -0.4 is 5.73 Å². The third-order valence-corrected chi connectivity index (χ3v) is 3.08. The van der Waals surface area contributed by atoms with E-state index in [1.54, 1.807) is 20.2 Å². The lowest BCUT2D eigenvalue weighted by Crippen LogP contribution is -2.36. The second-order valence-electron chi connectivity index (χ2n) is 4.67. The fourth-order valence-corrected chi connectivity index (χ4v) is 2.07. The number of nitrogens with two attached hydrogens (primary N) is 1. The summed E-state index contributed by atoms with van der Waals surface area (Å²) in [5, 5.41) is 2.05. The lowest BCUT2D eigenvalue weighted by atomic mass is 9.94. The summed E-state index contributed by atoms with van der Waals surface area (Å²) in [4.78, 5) is 25.0. The van der Waals surface area contributed by atoms with Crippen LogP contribution in [-0.4, -0.2) is 30.8 Å². The third kappa shape index (κ3) is 2.57. The highest BCUT2D eigenvalue weighted by Gasteiger charge is 2.27. The predicted octanol–water partition coefficient (Wildman–Crippen LogP) is 1.50. The minimum absolute atomic E-state index is 0.303. The minimum Gasteiger partial charge on any atom is -0.369 e. The average molecular weight is 256 g/mol. The summed E-state index contributed by atoms with van der Waals surface area (Å²) < 4.78 is 0. The van der Waals surface area contributed by atoms with Gasteiger partial charge in [0.15, 0.2) is 0 Å². The highest BCUT2D eigenvalue weighted by molar-refractivity contribution is 6.05. The van der Waals surface area contributed by atoms with Gasteiger partial charge in [-0.25, -0.2) is 0 Å². The highest BCUT2D eigenvalue weighted by atomic mass is 16.2. The zero-order valence-electron chi connectivity index (χ0n) is 11.0. The largest absolute Gasteiger partial charge is 0.369 e. The Morgan fingerprint density at radius 2 is 1.68 bits per heavy atom. The molecule has 2 rings (SSSR count). The molecule has 0 saturated heterocycles. The molecule has 2 N–H and O–H groups in total. The Morgan fingerprint density at radius 1 is 1.05 bits per heavy atom. The van der Waals surface area contributed by atoms with Gasteiger partial charge in [0.1, 0.15) is 5.92 Å². The summed E-state index contributed by atoms with van der Waals surface area (Å²) in [5.41, 5.74) is 5.99. The molecule has 0 bridgehead atoms. The number of primary amides is 1. The van der Waals surface area contributed by atoms with E-state index in [0.29, 0.717) is 5.56 Å². The number of nitrogens with zero attached hydrogens (tertiary/aromatic N) is 1. The third-order valence-electron chi connectivity index (χ3n) is 3.08. The average Bonchev–Trinajstić information content (AvgIpc) is 2.38. The molecular weight excluding hydrogens is 240 g/mol. The quantitative estimate of drug-likeness (QED) is 0.846. The number of hydrogen-bond acceptors (Lipinski definition) is 2. The van der Waals surface area contributed by atoms with Crippen molar-refractivity contribution in [1.29, 1.82) is 0 Å². The van der Waals surface area contributed by atoms with E-state index in [2.05, 4.69) is 0 Å². The smallest absolute Gasteiger partial charge is 0.239 e. The van der Waals surface area contributed by atoms with E-state index in [-0.39, 0.29) is 5.91 Å². The molecule has 19 heavy (non-hydrogen) atoms. The second-order valence-corrected chi connectivity index (χ2v) is 4.67. The maximum Gasteiger partial charge on any atom is 0.239 e. The molecule has 4 nitrogen and oxygen atoms in total. The second kappa shape index (κ2) is 5.10. The molecule has 1 atom stereocenters. The van der Waals surface area contributed by atoms with Gasteiger partial charge in [0.05, 0.1) is 0 Å². The van der Waals surface area contributed by atoms with Gasteiger partial charge in [-0.2, -0.15) is 0 Å². The van der Waals surface area contributed by atoms with Crippen LogP contribution in [0.4, 0.5) is 0 Å². The van der Waals surface area contributed by atoms with Gasteiger partial charge in [-0.1, -0.05) is 36.4 Å². The molecule has 0 aromatic heterocycles. The fourth-order valence-electron chi connectivity index (χ4n) is 2.07. The first kappa shape index (κ1) is 13.1. The minimum atomic E-state index is -0.931. The van der Waals surface area contributed by atoms with Crippen LogP contribution in [0.5, 0.6) is 0 Å². The zero-order chi connectivity index (χ0) is 14.0. The molecule has 0 aliphatic carbocycles. The summed E-state index contributed by atoms with van der Waals surface area (Å²) in [6.45, 7) is 0. The van der Waals surface area contributed by atoms with Crippen LogP contribution in [0, 0.1) is 0 Å². The maximum atomic E-state index is 12.0. The number of amides is 2. The van der Waals surface area contributed by atoms with E-state index in [0.717, 1.165) is 10.8 Å². The van der Waals surface area contributed by atoms with Crippen LogP contribution in [-0.2, 0) is 9.59 Å². The molecule has 0 aliphatic rings. The van der Waals surface area contributed by atoms with Crippen molar-refractivity contribution in [3.8, 4) is 0 Å². The Balaban J connectivity index is 2.50. The molecule has 4 heteroatoms. The van der Waals surface area contributed by atoms with Crippen molar-refractivity contribution in [1.82, 2.24) is 4.90 Å². The van der Waals surface area contributed by atoms with Crippen molar-refractivity contribution in [3.63, 3.8) is 0 Å². The van der Waals surface area contributed by atoms with Crippen LogP contribution in [0.25, 0.3) is 10.8 Å². The molecule has 0 heterocycles. The standard InChI is InChI=1S/C15H16N2O2/c1-17(2)15(19)13(14(16)18)12-8-7-10-5-3-4-6-11(10)9-12/h3-9,13H,1-2H3,(H2,16,18). The van der Waals surface area contributed by atoms with Gasteiger partial charge >= 0.3 is 0 Å². The molecule has 0 radical (unpaired) electrons. The number of benzene rings is 2. The van der Waals surface area contributed by atoms with Gasteiger partial charge < -0.3 is 10.6 Å². The summed E-state index contributed by atoms with van der Waals surface area (Å²) in [7, 11) is 3.22. The summed E-state index contributed by atoms with van der Waals surface area (Å²) in [5.74, 6) is -1.86. The molecule has 0 fully saturated rings. The number of carbonyl (C=O) groups is 2. The van der Waals surface area contributed by atoms with Gasteiger partial charge in [0.25, 0.3) is 0 Å². The van der Waals surface area contributed by atoms with E-state index in [1.165, 1.54) is 4.90 Å². The summed E-state index contributed by atoms with van der Waals surface area (Å²) >= 11 is 0.